The van der Waals surface area contributed by atoms with Crippen LogP contribution in [0.25, 0.3) is 0 Å². The smallest absolute Gasteiger partial charge is 0.268 e. The van der Waals surface area contributed by atoms with Gasteiger partial charge < -0.3 is 9.88 Å². The number of rotatable bonds is 5. The second-order valence-corrected chi connectivity index (χ2v) is 8.47. The normalized spacial score (nSPS) is 16.6. The molecule has 2 heterocycles. The van der Waals surface area contributed by atoms with Crippen LogP contribution in [0.1, 0.15) is 41.9 Å². The third-order valence-corrected chi connectivity index (χ3v) is 6.50. The fourth-order valence-corrected chi connectivity index (χ4v) is 4.67. The molecule has 1 fully saturated rings. The highest BCUT2D eigenvalue weighted by atomic mass is 32.2. The standard InChI is InChI=1S/C18H22FN3O3S/c1-13(14-5-7-15(19)8-6-14)20-18(23)17-11-16(12-21(17)2)26(24,25)22-9-3-4-10-22/h5-8,11-13H,3-4,9-10H2,1-2H3,(H,20,23). The molecule has 140 valence electrons. The van der Waals surface area contributed by atoms with Crippen molar-refractivity contribution >= 4 is 15.9 Å². The second kappa shape index (κ2) is 7.20. The van der Waals surface area contributed by atoms with E-state index < -0.39 is 10.0 Å². The van der Waals surface area contributed by atoms with Gasteiger partial charge in [-0.3, -0.25) is 4.79 Å². The first-order valence-electron chi connectivity index (χ1n) is 8.52. The highest BCUT2D eigenvalue weighted by Gasteiger charge is 2.29. The number of halogens is 1. The van der Waals surface area contributed by atoms with E-state index in [1.54, 1.807) is 26.1 Å². The number of amides is 1. The van der Waals surface area contributed by atoms with E-state index in [-0.39, 0.29) is 28.4 Å². The SMILES string of the molecule is CC(NC(=O)c1cc(S(=O)(=O)N2CCCC2)cn1C)c1ccc(F)cc1. The number of carbonyl (C=O) groups excluding carboxylic acids is 1. The maximum Gasteiger partial charge on any atom is 0.268 e. The van der Waals surface area contributed by atoms with E-state index in [4.69, 9.17) is 0 Å². The van der Waals surface area contributed by atoms with E-state index in [0.717, 1.165) is 18.4 Å². The van der Waals surface area contributed by atoms with Gasteiger partial charge >= 0.3 is 0 Å². The molecule has 1 aliphatic heterocycles. The van der Waals surface area contributed by atoms with Crippen molar-refractivity contribution in [3.8, 4) is 0 Å². The molecule has 1 saturated heterocycles. The maximum absolute atomic E-state index is 13.0. The first kappa shape index (κ1) is 18.6. The van der Waals surface area contributed by atoms with Crippen molar-refractivity contribution in [1.29, 1.82) is 0 Å². The van der Waals surface area contributed by atoms with Crippen molar-refractivity contribution in [1.82, 2.24) is 14.2 Å². The van der Waals surface area contributed by atoms with Crippen molar-refractivity contribution in [2.75, 3.05) is 13.1 Å². The van der Waals surface area contributed by atoms with Crippen molar-refractivity contribution in [3.63, 3.8) is 0 Å². The number of aromatic nitrogens is 1. The lowest BCUT2D eigenvalue weighted by atomic mass is 10.1. The molecule has 1 unspecified atom stereocenters. The number of hydrogen-bond donors (Lipinski definition) is 1. The maximum atomic E-state index is 13.0. The molecule has 0 aliphatic carbocycles. The first-order chi connectivity index (χ1) is 12.3. The Labute approximate surface area is 152 Å². The summed E-state index contributed by atoms with van der Waals surface area (Å²) >= 11 is 0. The molecule has 1 aliphatic rings. The van der Waals surface area contributed by atoms with Crippen LogP contribution in [0.4, 0.5) is 4.39 Å². The van der Waals surface area contributed by atoms with Crippen molar-refractivity contribution in [2.24, 2.45) is 7.05 Å². The summed E-state index contributed by atoms with van der Waals surface area (Å²) < 4.78 is 41.3. The predicted molar refractivity (Wildman–Crippen MR) is 95.7 cm³/mol. The Bertz CT molecular complexity index is 900. The largest absolute Gasteiger partial charge is 0.345 e. The Morgan fingerprint density at radius 1 is 1.19 bits per heavy atom. The summed E-state index contributed by atoms with van der Waals surface area (Å²) in [6, 6.07) is 6.95. The summed E-state index contributed by atoms with van der Waals surface area (Å²) in [7, 11) is -1.93. The van der Waals surface area contributed by atoms with Gasteiger partial charge in [-0.2, -0.15) is 4.31 Å². The van der Waals surface area contributed by atoms with E-state index in [1.807, 2.05) is 0 Å². The zero-order chi connectivity index (χ0) is 18.9. The fraction of sp³-hybridized carbons (Fsp3) is 0.389. The van der Waals surface area contributed by atoms with Crippen LogP contribution in [0.5, 0.6) is 0 Å². The van der Waals surface area contributed by atoms with Gasteiger partial charge in [0.05, 0.1) is 6.04 Å². The molecule has 1 N–H and O–H groups in total. The quantitative estimate of drug-likeness (QED) is 0.867. The molecule has 1 atom stereocenters. The highest BCUT2D eigenvalue weighted by Crippen LogP contribution is 2.23. The summed E-state index contributed by atoms with van der Waals surface area (Å²) in [4.78, 5) is 12.7. The van der Waals surface area contributed by atoms with Gasteiger partial charge in [-0.25, -0.2) is 12.8 Å². The summed E-state index contributed by atoms with van der Waals surface area (Å²) in [5, 5.41) is 2.82. The average Bonchev–Trinajstić information content (AvgIpc) is 3.25. The summed E-state index contributed by atoms with van der Waals surface area (Å²) in [6.07, 6.45) is 3.17. The van der Waals surface area contributed by atoms with E-state index in [2.05, 4.69) is 5.32 Å². The van der Waals surface area contributed by atoms with Gasteiger partial charge in [0.25, 0.3) is 5.91 Å². The summed E-state index contributed by atoms with van der Waals surface area (Å²) in [6.45, 7) is 2.82. The third kappa shape index (κ3) is 3.66. The average molecular weight is 379 g/mol. The zero-order valence-electron chi connectivity index (χ0n) is 14.8. The van der Waals surface area contributed by atoms with Crippen LogP contribution in [0.2, 0.25) is 0 Å². The number of aryl methyl sites for hydroxylation is 1. The lowest BCUT2D eigenvalue weighted by molar-refractivity contribution is 0.0931. The van der Waals surface area contributed by atoms with Crippen LogP contribution >= 0.6 is 0 Å². The lowest BCUT2D eigenvalue weighted by Crippen LogP contribution is -2.28. The molecule has 0 spiro atoms. The third-order valence-electron chi connectivity index (χ3n) is 4.63. The number of sulfonamides is 1. The Morgan fingerprint density at radius 2 is 1.81 bits per heavy atom. The molecule has 26 heavy (non-hydrogen) atoms. The van der Waals surface area contributed by atoms with Crippen LogP contribution < -0.4 is 5.32 Å². The second-order valence-electron chi connectivity index (χ2n) is 6.53. The molecule has 2 aromatic rings. The van der Waals surface area contributed by atoms with E-state index >= 15 is 0 Å². The van der Waals surface area contributed by atoms with E-state index in [1.165, 1.54) is 33.3 Å². The molecule has 1 aromatic heterocycles. The van der Waals surface area contributed by atoms with E-state index in [9.17, 15) is 17.6 Å². The minimum Gasteiger partial charge on any atom is -0.345 e. The molecule has 0 radical (unpaired) electrons. The minimum atomic E-state index is -3.57. The molecular formula is C18H22FN3O3S. The molecule has 1 amide bonds. The Balaban J connectivity index is 1.78. The van der Waals surface area contributed by atoms with Crippen molar-refractivity contribution < 1.29 is 17.6 Å². The van der Waals surface area contributed by atoms with Gasteiger partial charge in [-0.15, -0.1) is 0 Å². The number of benzene rings is 1. The van der Waals surface area contributed by atoms with Gasteiger partial charge in [0.1, 0.15) is 16.4 Å². The van der Waals surface area contributed by atoms with Crippen molar-refractivity contribution in [3.05, 3.63) is 53.6 Å². The first-order valence-corrected chi connectivity index (χ1v) is 9.96. The summed E-state index contributed by atoms with van der Waals surface area (Å²) in [5.41, 5.74) is 1.02. The van der Waals surface area contributed by atoms with Crippen LogP contribution in [0, 0.1) is 5.82 Å². The number of nitrogens with one attached hydrogen (secondary N) is 1. The van der Waals surface area contributed by atoms with Crippen LogP contribution in [0.3, 0.4) is 0 Å². The number of nitrogens with zero attached hydrogens (tertiary/aromatic N) is 2. The van der Waals surface area contributed by atoms with Gasteiger partial charge in [0.2, 0.25) is 10.0 Å². The van der Waals surface area contributed by atoms with Crippen LogP contribution in [-0.2, 0) is 17.1 Å². The van der Waals surface area contributed by atoms with Gasteiger partial charge in [0.15, 0.2) is 0 Å². The topological polar surface area (TPSA) is 71.4 Å². The number of carbonyl (C=O) groups is 1. The minimum absolute atomic E-state index is 0.126. The Morgan fingerprint density at radius 3 is 2.42 bits per heavy atom. The highest BCUT2D eigenvalue weighted by molar-refractivity contribution is 7.89. The van der Waals surface area contributed by atoms with Gasteiger partial charge in [-0.05, 0) is 43.5 Å². The van der Waals surface area contributed by atoms with Crippen LogP contribution in [-0.4, -0.2) is 36.3 Å². The number of hydrogen-bond acceptors (Lipinski definition) is 3. The van der Waals surface area contributed by atoms with Crippen LogP contribution in [0.15, 0.2) is 41.4 Å². The Kier molecular flexibility index (Phi) is 5.15. The monoisotopic (exact) mass is 379 g/mol. The van der Waals surface area contributed by atoms with E-state index in [0.29, 0.717) is 13.1 Å². The van der Waals surface area contributed by atoms with Gasteiger partial charge in [-0.1, -0.05) is 12.1 Å². The zero-order valence-corrected chi connectivity index (χ0v) is 15.6. The molecule has 0 saturated carbocycles. The van der Waals surface area contributed by atoms with Gasteiger partial charge in [0, 0.05) is 26.3 Å². The predicted octanol–water partition coefficient (Wildman–Crippen LogP) is 2.44. The fourth-order valence-electron chi connectivity index (χ4n) is 3.08. The molecule has 1 aromatic carbocycles. The molecule has 8 heteroatoms. The molecule has 6 nitrogen and oxygen atoms in total. The Hall–Kier alpha value is -2.19. The van der Waals surface area contributed by atoms with Crippen molar-refractivity contribution in [2.45, 2.75) is 30.7 Å². The molecular weight excluding hydrogens is 357 g/mol. The summed E-state index contributed by atoms with van der Waals surface area (Å²) in [5.74, 6) is -0.723. The molecule has 0 bridgehead atoms. The lowest BCUT2D eigenvalue weighted by Gasteiger charge is -2.14. The molecule has 3 rings (SSSR count).